The molecule has 0 saturated carbocycles. The molecule has 1 fully saturated rings. The lowest BCUT2D eigenvalue weighted by Crippen LogP contribution is -2.37. The molecule has 3 rings (SSSR count). The van der Waals surface area contributed by atoms with E-state index >= 15 is 0 Å². The Balaban J connectivity index is 1.94. The fourth-order valence-electron chi connectivity index (χ4n) is 3.37. The molecule has 0 radical (unpaired) electrons. The van der Waals surface area contributed by atoms with Gasteiger partial charge < -0.3 is 9.42 Å². The summed E-state index contributed by atoms with van der Waals surface area (Å²) in [5, 5.41) is 4.01. The molecule has 1 aliphatic heterocycles. The third-order valence-electron chi connectivity index (χ3n) is 4.92. The van der Waals surface area contributed by atoms with Gasteiger partial charge in [-0.3, -0.25) is 4.79 Å². The minimum atomic E-state index is -0.122. The monoisotopic (exact) mass is 356 g/mol. The second-order valence-corrected chi connectivity index (χ2v) is 8.08. The van der Waals surface area contributed by atoms with Gasteiger partial charge in [0.25, 0.3) is 0 Å². The van der Waals surface area contributed by atoms with Gasteiger partial charge in [0.05, 0.1) is 17.0 Å². The molecule has 0 N–H and O–H groups in total. The number of nitrogens with zero attached hydrogens (tertiary/aromatic N) is 4. The molecule has 140 valence electrons. The van der Waals surface area contributed by atoms with Gasteiger partial charge in [-0.2, -0.15) is 0 Å². The molecular weight excluding hydrogens is 328 g/mol. The zero-order valence-electron chi connectivity index (χ0n) is 16.4. The van der Waals surface area contributed by atoms with Crippen molar-refractivity contribution in [3.8, 4) is 11.3 Å². The van der Waals surface area contributed by atoms with Gasteiger partial charge in [0.1, 0.15) is 5.82 Å². The van der Waals surface area contributed by atoms with Gasteiger partial charge in [-0.1, -0.05) is 32.9 Å². The van der Waals surface area contributed by atoms with Crippen molar-refractivity contribution in [2.24, 2.45) is 0 Å². The Morgan fingerprint density at radius 3 is 2.54 bits per heavy atom. The number of likely N-dealkylation sites (tertiary alicyclic amines) is 1. The van der Waals surface area contributed by atoms with Crippen molar-refractivity contribution < 1.29 is 9.32 Å². The van der Waals surface area contributed by atoms with Gasteiger partial charge in [-0.05, 0) is 19.8 Å². The van der Waals surface area contributed by atoms with E-state index in [9.17, 15) is 4.79 Å². The molecule has 1 saturated heterocycles. The summed E-state index contributed by atoms with van der Waals surface area (Å²) in [6.07, 6.45) is 4.25. The fourth-order valence-corrected chi connectivity index (χ4v) is 3.37. The number of amides is 1. The van der Waals surface area contributed by atoms with Gasteiger partial charge in [0, 0.05) is 43.1 Å². The molecular formula is C20H28N4O2. The van der Waals surface area contributed by atoms with Crippen LogP contribution in [0, 0.1) is 6.92 Å². The van der Waals surface area contributed by atoms with Crippen LogP contribution in [0.5, 0.6) is 0 Å². The Hall–Kier alpha value is -2.24. The van der Waals surface area contributed by atoms with Gasteiger partial charge in [-0.15, -0.1) is 0 Å². The molecule has 0 spiro atoms. The molecule has 0 unspecified atom stereocenters. The number of carbonyl (C=O) groups excluding carboxylic acids is 1. The summed E-state index contributed by atoms with van der Waals surface area (Å²) >= 11 is 0. The number of hydrogen-bond donors (Lipinski definition) is 0. The SMILES string of the molecule is CCC(=O)N1CCC(c2nc(C(C)(C)C)ncc2-c2cc(C)no2)CC1. The van der Waals surface area contributed by atoms with E-state index in [0.717, 1.165) is 48.7 Å². The molecule has 1 amide bonds. The number of aryl methyl sites for hydroxylation is 1. The first-order valence-electron chi connectivity index (χ1n) is 9.38. The average molecular weight is 356 g/mol. The van der Waals surface area contributed by atoms with Crippen LogP contribution in [0.4, 0.5) is 0 Å². The topological polar surface area (TPSA) is 72.1 Å². The predicted molar refractivity (Wildman–Crippen MR) is 99.8 cm³/mol. The van der Waals surface area contributed by atoms with Crippen LogP contribution in [0.15, 0.2) is 16.8 Å². The van der Waals surface area contributed by atoms with E-state index < -0.39 is 0 Å². The van der Waals surface area contributed by atoms with Gasteiger partial charge >= 0.3 is 0 Å². The van der Waals surface area contributed by atoms with E-state index in [-0.39, 0.29) is 11.3 Å². The number of carbonyl (C=O) groups is 1. The summed E-state index contributed by atoms with van der Waals surface area (Å²) in [6.45, 7) is 11.7. The van der Waals surface area contributed by atoms with Crippen molar-refractivity contribution in [1.82, 2.24) is 20.0 Å². The van der Waals surface area contributed by atoms with E-state index in [1.54, 1.807) is 0 Å². The molecule has 2 aromatic heterocycles. The number of piperidine rings is 1. The van der Waals surface area contributed by atoms with Gasteiger partial charge in [0.15, 0.2) is 5.76 Å². The standard InChI is InChI=1S/C20H28N4O2/c1-6-17(25)24-9-7-14(8-10-24)18-15(16-11-13(2)23-26-16)12-21-19(22-18)20(3,4)5/h11-12,14H,6-10H2,1-5H3. The molecule has 3 heterocycles. The maximum absolute atomic E-state index is 12.0. The Labute approximate surface area is 155 Å². The number of rotatable bonds is 3. The van der Waals surface area contributed by atoms with Crippen molar-refractivity contribution in [2.75, 3.05) is 13.1 Å². The van der Waals surface area contributed by atoms with E-state index in [2.05, 4.69) is 30.9 Å². The first-order valence-corrected chi connectivity index (χ1v) is 9.38. The predicted octanol–water partition coefficient (Wildman–Crippen LogP) is 3.85. The van der Waals surface area contributed by atoms with Crippen LogP contribution >= 0.6 is 0 Å². The number of hydrogen-bond acceptors (Lipinski definition) is 5. The van der Waals surface area contributed by atoms with E-state index in [0.29, 0.717) is 18.1 Å². The van der Waals surface area contributed by atoms with Crippen molar-refractivity contribution in [3.05, 3.63) is 29.5 Å². The summed E-state index contributed by atoms with van der Waals surface area (Å²) in [4.78, 5) is 23.4. The van der Waals surface area contributed by atoms with Crippen LogP contribution in [0.2, 0.25) is 0 Å². The maximum atomic E-state index is 12.0. The second kappa shape index (κ2) is 7.17. The molecule has 0 atom stereocenters. The zero-order chi connectivity index (χ0) is 18.9. The first kappa shape index (κ1) is 18.5. The van der Waals surface area contributed by atoms with Gasteiger partial charge in [-0.25, -0.2) is 9.97 Å². The van der Waals surface area contributed by atoms with Gasteiger partial charge in [0.2, 0.25) is 5.91 Å². The van der Waals surface area contributed by atoms with Crippen LogP contribution in [-0.4, -0.2) is 39.0 Å². The van der Waals surface area contributed by atoms with E-state index in [1.807, 2.05) is 31.0 Å². The van der Waals surface area contributed by atoms with Crippen molar-refractivity contribution in [2.45, 2.75) is 65.2 Å². The lowest BCUT2D eigenvalue weighted by molar-refractivity contribution is -0.131. The highest BCUT2D eigenvalue weighted by molar-refractivity contribution is 5.76. The highest BCUT2D eigenvalue weighted by Crippen LogP contribution is 2.35. The summed E-state index contributed by atoms with van der Waals surface area (Å²) < 4.78 is 5.49. The summed E-state index contributed by atoms with van der Waals surface area (Å²) in [5.74, 6) is 2.07. The molecule has 1 aliphatic rings. The van der Waals surface area contributed by atoms with Crippen molar-refractivity contribution in [3.63, 3.8) is 0 Å². The highest BCUT2D eigenvalue weighted by atomic mass is 16.5. The van der Waals surface area contributed by atoms with Crippen LogP contribution in [0.3, 0.4) is 0 Å². The Morgan fingerprint density at radius 2 is 2.00 bits per heavy atom. The van der Waals surface area contributed by atoms with Crippen LogP contribution in [0.25, 0.3) is 11.3 Å². The minimum absolute atomic E-state index is 0.122. The maximum Gasteiger partial charge on any atom is 0.222 e. The van der Waals surface area contributed by atoms with Crippen LogP contribution < -0.4 is 0 Å². The van der Waals surface area contributed by atoms with Crippen LogP contribution in [0.1, 0.15) is 70.1 Å². The summed E-state index contributed by atoms with van der Waals surface area (Å²) in [5.41, 5.74) is 2.65. The summed E-state index contributed by atoms with van der Waals surface area (Å²) in [7, 11) is 0. The molecule has 0 bridgehead atoms. The quantitative estimate of drug-likeness (QED) is 0.835. The normalized spacial score (nSPS) is 16.1. The third kappa shape index (κ3) is 3.79. The minimum Gasteiger partial charge on any atom is -0.356 e. The molecule has 6 nitrogen and oxygen atoms in total. The molecule has 6 heteroatoms. The Morgan fingerprint density at radius 1 is 1.31 bits per heavy atom. The van der Waals surface area contributed by atoms with Crippen molar-refractivity contribution in [1.29, 1.82) is 0 Å². The Bertz CT molecular complexity index is 783. The molecule has 26 heavy (non-hydrogen) atoms. The Kier molecular flexibility index (Phi) is 5.12. The lowest BCUT2D eigenvalue weighted by atomic mass is 9.88. The van der Waals surface area contributed by atoms with Crippen LogP contribution in [-0.2, 0) is 10.2 Å². The highest BCUT2D eigenvalue weighted by Gasteiger charge is 2.29. The third-order valence-corrected chi connectivity index (χ3v) is 4.92. The lowest BCUT2D eigenvalue weighted by Gasteiger charge is -2.32. The zero-order valence-corrected chi connectivity index (χ0v) is 16.4. The fraction of sp³-hybridized carbons (Fsp3) is 0.600. The smallest absolute Gasteiger partial charge is 0.222 e. The second-order valence-electron chi connectivity index (χ2n) is 8.08. The molecule has 2 aromatic rings. The van der Waals surface area contributed by atoms with E-state index in [4.69, 9.17) is 9.51 Å². The molecule has 0 aliphatic carbocycles. The number of aromatic nitrogens is 3. The van der Waals surface area contributed by atoms with Crippen molar-refractivity contribution >= 4 is 5.91 Å². The van der Waals surface area contributed by atoms with E-state index in [1.165, 1.54) is 0 Å². The molecule has 0 aromatic carbocycles. The average Bonchev–Trinajstić information content (AvgIpc) is 3.06. The first-order chi connectivity index (χ1) is 12.3. The largest absolute Gasteiger partial charge is 0.356 e. The summed E-state index contributed by atoms with van der Waals surface area (Å²) in [6, 6.07) is 1.93.